The molecule has 0 unspecified atom stereocenters. The number of nitrogens with zero attached hydrogens (tertiary/aromatic N) is 1. The number of hydrogen-bond acceptors (Lipinski definition) is 3. The van der Waals surface area contributed by atoms with Crippen molar-refractivity contribution in [3.05, 3.63) is 83.7 Å². The van der Waals surface area contributed by atoms with Gasteiger partial charge in [0.2, 0.25) is 0 Å². The molecule has 144 valence electrons. The van der Waals surface area contributed by atoms with Crippen LogP contribution < -0.4 is 10.6 Å². The second-order valence-electron chi connectivity index (χ2n) is 6.51. The molecule has 0 saturated heterocycles. The van der Waals surface area contributed by atoms with E-state index in [1.165, 1.54) is 12.1 Å². The van der Waals surface area contributed by atoms with Crippen LogP contribution in [-0.4, -0.2) is 22.5 Å². The number of rotatable bonds is 5. The van der Waals surface area contributed by atoms with Crippen LogP contribution in [0.15, 0.2) is 66.7 Å². The number of nitrogens with one attached hydrogen (secondary N) is 3. The zero-order valence-electron chi connectivity index (χ0n) is 15.3. The maximum Gasteiger partial charge on any atom is 0.319 e. The minimum Gasteiger partial charge on any atom is -0.334 e. The van der Waals surface area contributed by atoms with Crippen LogP contribution in [0.5, 0.6) is 0 Å². The number of amides is 2. The van der Waals surface area contributed by atoms with E-state index in [-0.39, 0.29) is 18.4 Å². The predicted molar refractivity (Wildman–Crippen MR) is 109 cm³/mol. The molecule has 29 heavy (non-hydrogen) atoms. The number of H-pyrrole nitrogens is 1. The Morgan fingerprint density at radius 1 is 1.07 bits per heavy atom. The number of aldehydes is 1. The smallest absolute Gasteiger partial charge is 0.319 e. The second-order valence-corrected chi connectivity index (χ2v) is 6.51. The monoisotopic (exact) mass is 388 g/mol. The number of benzene rings is 3. The molecule has 0 aliphatic carbocycles. The SMILES string of the molecule is O=Cc1ccc2[nH]nc(-c3cccc(NC(=O)NCc4ccc(F)cc4)c3)c2c1. The van der Waals surface area contributed by atoms with Crippen molar-refractivity contribution in [3.8, 4) is 11.3 Å². The van der Waals surface area contributed by atoms with E-state index in [4.69, 9.17) is 0 Å². The largest absolute Gasteiger partial charge is 0.334 e. The molecule has 0 aliphatic rings. The molecule has 0 saturated carbocycles. The Labute approximate surface area is 165 Å². The number of anilines is 1. The van der Waals surface area contributed by atoms with Crippen LogP contribution in [0, 0.1) is 5.82 Å². The van der Waals surface area contributed by atoms with E-state index in [2.05, 4.69) is 20.8 Å². The summed E-state index contributed by atoms with van der Waals surface area (Å²) in [6, 6.07) is 18.1. The summed E-state index contributed by atoms with van der Waals surface area (Å²) in [5.74, 6) is -0.318. The van der Waals surface area contributed by atoms with Gasteiger partial charge in [-0.05, 0) is 48.0 Å². The number of aromatic amines is 1. The lowest BCUT2D eigenvalue weighted by atomic mass is 10.1. The van der Waals surface area contributed by atoms with Crippen LogP contribution in [0.3, 0.4) is 0 Å². The van der Waals surface area contributed by atoms with Gasteiger partial charge in [-0.2, -0.15) is 5.10 Å². The third kappa shape index (κ3) is 4.14. The van der Waals surface area contributed by atoms with Gasteiger partial charge in [0.05, 0.1) is 11.2 Å². The Hall–Kier alpha value is -4.00. The fourth-order valence-electron chi connectivity index (χ4n) is 3.03. The van der Waals surface area contributed by atoms with Gasteiger partial charge in [0.1, 0.15) is 12.1 Å². The van der Waals surface area contributed by atoms with Crippen LogP contribution in [0.25, 0.3) is 22.2 Å². The molecule has 1 aromatic heterocycles. The molecule has 3 aromatic carbocycles. The fourth-order valence-corrected chi connectivity index (χ4v) is 3.03. The van der Waals surface area contributed by atoms with Crippen LogP contribution in [0.2, 0.25) is 0 Å². The Kier molecular flexibility index (Phi) is 5.03. The van der Waals surface area contributed by atoms with Gasteiger partial charge >= 0.3 is 6.03 Å². The van der Waals surface area contributed by atoms with Gasteiger partial charge in [-0.3, -0.25) is 9.89 Å². The first-order valence-electron chi connectivity index (χ1n) is 8.95. The summed E-state index contributed by atoms with van der Waals surface area (Å²) >= 11 is 0. The lowest BCUT2D eigenvalue weighted by Crippen LogP contribution is -2.28. The quantitative estimate of drug-likeness (QED) is 0.440. The van der Waals surface area contributed by atoms with Crippen LogP contribution in [0.1, 0.15) is 15.9 Å². The number of halogens is 1. The Bertz CT molecular complexity index is 1190. The van der Waals surface area contributed by atoms with Gasteiger partial charge < -0.3 is 10.6 Å². The molecule has 6 nitrogen and oxygen atoms in total. The number of carbonyl (C=O) groups excluding carboxylic acids is 2. The molecule has 0 bridgehead atoms. The maximum absolute atomic E-state index is 12.9. The van der Waals surface area contributed by atoms with Crippen molar-refractivity contribution < 1.29 is 14.0 Å². The summed E-state index contributed by atoms with van der Waals surface area (Å²) in [6.45, 7) is 0.282. The van der Waals surface area contributed by atoms with Crippen LogP contribution in [-0.2, 0) is 6.54 Å². The molecule has 7 heteroatoms. The van der Waals surface area contributed by atoms with Gasteiger partial charge in [-0.25, -0.2) is 9.18 Å². The summed E-state index contributed by atoms with van der Waals surface area (Å²) < 4.78 is 12.9. The van der Waals surface area contributed by atoms with Crippen molar-refractivity contribution in [1.29, 1.82) is 0 Å². The zero-order chi connectivity index (χ0) is 20.2. The Morgan fingerprint density at radius 3 is 2.69 bits per heavy atom. The topological polar surface area (TPSA) is 86.9 Å². The summed E-state index contributed by atoms with van der Waals surface area (Å²) in [6.07, 6.45) is 0.791. The number of fused-ring (bicyclic) bond motifs is 1. The summed E-state index contributed by atoms with van der Waals surface area (Å²) in [5.41, 5.74) is 4.27. The molecule has 1 heterocycles. The van der Waals surface area contributed by atoms with Gasteiger partial charge in [0.15, 0.2) is 0 Å². The van der Waals surface area contributed by atoms with Crippen molar-refractivity contribution in [2.75, 3.05) is 5.32 Å². The maximum atomic E-state index is 12.9. The average molecular weight is 388 g/mol. The third-order valence-corrected chi connectivity index (χ3v) is 4.48. The van der Waals surface area contributed by atoms with E-state index < -0.39 is 0 Å². The highest BCUT2D eigenvalue weighted by Gasteiger charge is 2.10. The van der Waals surface area contributed by atoms with Crippen molar-refractivity contribution >= 4 is 28.9 Å². The van der Waals surface area contributed by atoms with E-state index in [0.29, 0.717) is 16.9 Å². The van der Waals surface area contributed by atoms with Crippen molar-refractivity contribution in [2.45, 2.75) is 6.54 Å². The fraction of sp³-hybridized carbons (Fsp3) is 0.0455. The van der Waals surface area contributed by atoms with Crippen LogP contribution in [0.4, 0.5) is 14.9 Å². The lowest BCUT2D eigenvalue weighted by Gasteiger charge is -2.09. The van der Waals surface area contributed by atoms with E-state index in [1.54, 1.807) is 42.5 Å². The Balaban J connectivity index is 1.49. The third-order valence-electron chi connectivity index (χ3n) is 4.48. The first kappa shape index (κ1) is 18.4. The minimum atomic E-state index is -0.374. The molecule has 4 aromatic rings. The normalized spacial score (nSPS) is 10.7. The lowest BCUT2D eigenvalue weighted by molar-refractivity contribution is 0.112. The van der Waals surface area contributed by atoms with Crippen molar-refractivity contribution in [3.63, 3.8) is 0 Å². The van der Waals surface area contributed by atoms with Gasteiger partial charge in [0, 0.05) is 28.7 Å². The highest BCUT2D eigenvalue weighted by molar-refractivity contribution is 5.97. The highest BCUT2D eigenvalue weighted by atomic mass is 19.1. The van der Waals surface area contributed by atoms with Gasteiger partial charge in [0.25, 0.3) is 0 Å². The summed E-state index contributed by atoms with van der Waals surface area (Å²) in [7, 11) is 0. The predicted octanol–water partition coefficient (Wildman–Crippen LogP) is 4.50. The molecule has 0 aliphatic heterocycles. The molecular weight excluding hydrogens is 371 g/mol. The highest BCUT2D eigenvalue weighted by Crippen LogP contribution is 2.28. The molecule has 0 spiro atoms. The molecule has 4 rings (SSSR count). The number of aromatic nitrogens is 2. The number of hydrogen-bond donors (Lipinski definition) is 3. The zero-order valence-corrected chi connectivity index (χ0v) is 15.3. The van der Waals surface area contributed by atoms with E-state index in [9.17, 15) is 14.0 Å². The van der Waals surface area contributed by atoms with E-state index in [1.807, 2.05) is 12.1 Å². The molecule has 0 atom stereocenters. The van der Waals surface area contributed by atoms with Gasteiger partial charge in [-0.1, -0.05) is 24.3 Å². The molecule has 0 radical (unpaired) electrons. The number of carbonyl (C=O) groups is 2. The van der Waals surface area contributed by atoms with Crippen molar-refractivity contribution in [1.82, 2.24) is 15.5 Å². The Morgan fingerprint density at radius 2 is 1.90 bits per heavy atom. The van der Waals surface area contributed by atoms with Crippen LogP contribution >= 0.6 is 0 Å². The standard InChI is InChI=1S/C22H17FN4O2/c23-17-7-4-14(5-8-17)12-24-22(29)25-18-3-1-2-16(11-18)21-19-10-15(13-28)6-9-20(19)26-27-21/h1-11,13H,12H2,(H,26,27)(H2,24,25,29). The number of urea groups is 1. The first-order chi connectivity index (χ1) is 14.1. The first-order valence-corrected chi connectivity index (χ1v) is 8.95. The van der Waals surface area contributed by atoms with Gasteiger partial charge in [-0.15, -0.1) is 0 Å². The van der Waals surface area contributed by atoms with Crippen molar-refractivity contribution in [2.24, 2.45) is 0 Å². The molecular formula is C22H17FN4O2. The minimum absolute atomic E-state index is 0.282. The molecule has 3 N–H and O–H groups in total. The average Bonchev–Trinajstić information content (AvgIpc) is 3.16. The molecule has 2 amide bonds. The molecule has 0 fully saturated rings. The van der Waals surface area contributed by atoms with E-state index >= 15 is 0 Å². The summed E-state index contributed by atoms with van der Waals surface area (Å²) in [5, 5.41) is 13.6. The second kappa shape index (κ2) is 7.93. The van der Waals surface area contributed by atoms with E-state index in [0.717, 1.165) is 28.3 Å². The summed E-state index contributed by atoms with van der Waals surface area (Å²) in [4.78, 5) is 23.3.